The van der Waals surface area contributed by atoms with Gasteiger partial charge >= 0.3 is 7.60 Å². The van der Waals surface area contributed by atoms with E-state index in [1.165, 1.54) is 109 Å². The Bertz CT molecular complexity index is 644. The van der Waals surface area contributed by atoms with Crippen molar-refractivity contribution in [1.29, 1.82) is 0 Å². The molecule has 6 nitrogen and oxygen atoms in total. The fourth-order valence-corrected chi connectivity index (χ4v) is 7.80. The first kappa shape index (κ1) is 35.2. The minimum Gasteiger partial charge on any atom is -0.379 e. The van der Waals surface area contributed by atoms with Gasteiger partial charge in [0.05, 0.1) is 45.5 Å². The van der Waals surface area contributed by atoms with E-state index in [4.69, 9.17) is 18.5 Å². The van der Waals surface area contributed by atoms with Gasteiger partial charge in [0.15, 0.2) is 0 Å². The zero-order valence-electron chi connectivity index (χ0n) is 26.5. The van der Waals surface area contributed by atoms with Crippen LogP contribution in [0.5, 0.6) is 0 Å². The number of ether oxygens (including phenoxy) is 2. The predicted molar refractivity (Wildman–Crippen MR) is 164 cm³/mol. The van der Waals surface area contributed by atoms with Crippen LogP contribution in [0.3, 0.4) is 0 Å². The molecule has 0 N–H and O–H groups in total. The van der Waals surface area contributed by atoms with Gasteiger partial charge in [-0.2, -0.15) is 0 Å². The maximum atomic E-state index is 13.0. The Morgan fingerprint density at radius 2 is 1.21 bits per heavy atom. The van der Waals surface area contributed by atoms with E-state index in [2.05, 4.69) is 21.0 Å². The Labute approximate surface area is 242 Å². The van der Waals surface area contributed by atoms with Crippen molar-refractivity contribution in [2.75, 3.05) is 47.7 Å². The van der Waals surface area contributed by atoms with Crippen molar-refractivity contribution in [1.82, 2.24) is 0 Å². The number of quaternary nitrogens is 1. The minimum atomic E-state index is -3.12. The zero-order valence-corrected chi connectivity index (χ0v) is 27.4. The number of hydrogen-bond acceptors (Lipinski definition) is 5. The fraction of sp³-hybridized carbons (Fsp3) is 1.00. The molecular formula is C32H65NO5P+. The third-order valence-electron chi connectivity index (χ3n) is 9.40. The molecule has 2 fully saturated rings. The van der Waals surface area contributed by atoms with Crippen molar-refractivity contribution in [2.45, 2.75) is 160 Å². The summed E-state index contributed by atoms with van der Waals surface area (Å²) in [7, 11) is 3.19. The lowest BCUT2D eigenvalue weighted by Crippen LogP contribution is -2.55. The van der Waals surface area contributed by atoms with Crippen molar-refractivity contribution < 1.29 is 27.6 Å². The van der Waals surface area contributed by atoms with E-state index in [9.17, 15) is 4.57 Å². The van der Waals surface area contributed by atoms with Crippen LogP contribution in [-0.4, -0.2) is 76.5 Å². The van der Waals surface area contributed by atoms with E-state index in [0.29, 0.717) is 18.7 Å². The van der Waals surface area contributed by atoms with Gasteiger partial charge in [0.1, 0.15) is 6.10 Å². The molecule has 2 aliphatic heterocycles. The van der Waals surface area contributed by atoms with Gasteiger partial charge in [-0.05, 0) is 6.42 Å². The van der Waals surface area contributed by atoms with Crippen LogP contribution in [-0.2, 0) is 23.1 Å². The van der Waals surface area contributed by atoms with Crippen LogP contribution in [0.2, 0.25) is 0 Å². The van der Waals surface area contributed by atoms with E-state index in [1.807, 2.05) is 0 Å². The van der Waals surface area contributed by atoms with Crippen molar-refractivity contribution in [2.24, 2.45) is 0 Å². The first-order valence-electron chi connectivity index (χ1n) is 16.6. The number of piperidine rings is 1. The van der Waals surface area contributed by atoms with Gasteiger partial charge in [0.25, 0.3) is 0 Å². The molecular weight excluding hydrogens is 509 g/mol. The second-order valence-corrected chi connectivity index (χ2v) is 15.0. The molecule has 39 heavy (non-hydrogen) atoms. The maximum Gasteiger partial charge on any atom is 0.328 e. The Morgan fingerprint density at radius 1 is 0.744 bits per heavy atom. The summed E-state index contributed by atoms with van der Waals surface area (Å²) in [4.78, 5) is 0. The quantitative estimate of drug-likeness (QED) is 0.0619. The van der Waals surface area contributed by atoms with Crippen LogP contribution in [0.1, 0.15) is 135 Å². The lowest BCUT2D eigenvalue weighted by molar-refractivity contribution is -0.931. The molecule has 0 aromatic rings. The normalized spacial score (nSPS) is 24.6. The van der Waals surface area contributed by atoms with Crippen LogP contribution < -0.4 is 0 Å². The lowest BCUT2D eigenvalue weighted by atomic mass is 9.98. The molecule has 2 rings (SSSR count). The van der Waals surface area contributed by atoms with Crippen LogP contribution in [0.25, 0.3) is 0 Å². The Hall–Kier alpha value is 0.0300. The third kappa shape index (κ3) is 14.7. The number of unbranched alkanes of at least 4 members (excludes halogenated alkanes) is 15. The summed E-state index contributed by atoms with van der Waals surface area (Å²) in [6.07, 6.45) is 26.2. The molecule has 0 radical (unpaired) electrons. The number of nitrogens with zero attached hydrogens (tertiary/aromatic N) is 1. The Kier molecular flexibility index (Phi) is 18.1. The second kappa shape index (κ2) is 20.0. The SMILES string of the molecule is CCCCCCCCCCCCCCCCCCOCC(COP(C)(=O)OC1CC2CCC(C1)[N+]2(C)C)OC. The van der Waals surface area contributed by atoms with Gasteiger partial charge in [0, 0.05) is 46.1 Å². The molecule has 7 heteroatoms. The number of rotatable bonds is 25. The van der Waals surface area contributed by atoms with Crippen molar-refractivity contribution in [3.63, 3.8) is 0 Å². The molecule has 4 unspecified atom stereocenters. The van der Waals surface area contributed by atoms with Crippen molar-refractivity contribution in [3.8, 4) is 0 Å². The molecule has 0 amide bonds. The summed E-state index contributed by atoms with van der Waals surface area (Å²) >= 11 is 0. The standard InChI is InChI=1S/C32H65NO5P/c1-6-7-8-9-10-11-12-13-14-15-16-17-18-19-20-21-24-36-27-32(35-4)28-37-39(5,34)38-31-25-29-22-23-30(26-31)33(29,2)3/h29-32H,6-28H2,1-5H3/q+1. The number of fused-ring (bicyclic) bond motifs is 2. The van der Waals surface area contributed by atoms with E-state index in [1.54, 1.807) is 13.8 Å². The summed E-state index contributed by atoms with van der Waals surface area (Å²) in [6.45, 7) is 5.35. The molecule has 0 aromatic carbocycles. The summed E-state index contributed by atoms with van der Waals surface area (Å²) in [5.41, 5.74) is 0. The van der Waals surface area contributed by atoms with Gasteiger partial charge in [-0.1, -0.05) is 103 Å². The third-order valence-corrected chi connectivity index (χ3v) is 10.7. The van der Waals surface area contributed by atoms with Crippen LogP contribution >= 0.6 is 7.60 Å². The van der Waals surface area contributed by atoms with Gasteiger partial charge in [0.2, 0.25) is 0 Å². The van der Waals surface area contributed by atoms with Gasteiger partial charge in [-0.15, -0.1) is 0 Å². The van der Waals surface area contributed by atoms with Gasteiger partial charge in [-0.3, -0.25) is 4.57 Å². The summed E-state index contributed by atoms with van der Waals surface area (Å²) in [5.74, 6) is 0. The number of methoxy groups -OCH3 is 1. The molecule has 2 bridgehead atoms. The monoisotopic (exact) mass is 574 g/mol. The highest BCUT2D eigenvalue weighted by Crippen LogP contribution is 2.50. The first-order valence-corrected chi connectivity index (χ1v) is 18.6. The molecule has 0 saturated carbocycles. The zero-order chi connectivity index (χ0) is 28.4. The highest BCUT2D eigenvalue weighted by Gasteiger charge is 2.50. The number of hydrogen-bond donors (Lipinski definition) is 0. The highest BCUT2D eigenvalue weighted by molar-refractivity contribution is 7.53. The van der Waals surface area contributed by atoms with Crippen molar-refractivity contribution >= 4 is 7.60 Å². The van der Waals surface area contributed by atoms with E-state index in [-0.39, 0.29) is 18.8 Å². The van der Waals surface area contributed by atoms with Gasteiger partial charge < -0.3 is 23.0 Å². The second-order valence-electron chi connectivity index (χ2n) is 13.0. The summed E-state index contributed by atoms with van der Waals surface area (Å²) in [5, 5.41) is 0. The van der Waals surface area contributed by atoms with Crippen LogP contribution in [0.15, 0.2) is 0 Å². The topological polar surface area (TPSA) is 54.0 Å². The van der Waals surface area contributed by atoms with Crippen molar-refractivity contribution in [3.05, 3.63) is 0 Å². The summed E-state index contributed by atoms with van der Waals surface area (Å²) < 4.78 is 37.2. The molecule has 2 heterocycles. The average Bonchev–Trinajstić information content (AvgIpc) is 3.04. The molecule has 0 spiro atoms. The summed E-state index contributed by atoms with van der Waals surface area (Å²) in [6, 6.07) is 1.22. The lowest BCUT2D eigenvalue weighted by Gasteiger charge is -2.44. The van der Waals surface area contributed by atoms with Crippen LogP contribution in [0, 0.1) is 0 Å². The average molecular weight is 575 g/mol. The highest BCUT2D eigenvalue weighted by atomic mass is 31.2. The fourth-order valence-electron chi connectivity index (χ4n) is 6.59. The Balaban J connectivity index is 1.39. The van der Waals surface area contributed by atoms with E-state index < -0.39 is 7.60 Å². The van der Waals surface area contributed by atoms with Gasteiger partial charge in [-0.25, -0.2) is 0 Å². The molecule has 2 saturated heterocycles. The van der Waals surface area contributed by atoms with E-state index in [0.717, 1.165) is 30.4 Å². The Morgan fingerprint density at radius 3 is 1.67 bits per heavy atom. The maximum absolute atomic E-state index is 13.0. The van der Waals surface area contributed by atoms with Crippen LogP contribution in [0.4, 0.5) is 0 Å². The smallest absolute Gasteiger partial charge is 0.328 e. The predicted octanol–water partition coefficient (Wildman–Crippen LogP) is 8.91. The first-order chi connectivity index (χ1) is 18.8. The molecule has 232 valence electrons. The largest absolute Gasteiger partial charge is 0.379 e. The molecule has 0 aliphatic carbocycles. The molecule has 4 atom stereocenters. The minimum absolute atomic E-state index is 0.0385. The molecule has 2 aliphatic rings. The molecule has 0 aromatic heterocycles. The van der Waals surface area contributed by atoms with E-state index >= 15 is 0 Å².